The van der Waals surface area contributed by atoms with Crippen molar-refractivity contribution in [2.75, 3.05) is 21.3 Å². The van der Waals surface area contributed by atoms with E-state index in [1.165, 1.54) is 21.3 Å². The minimum absolute atomic E-state index is 0.152. The molecule has 0 aromatic rings. The topological polar surface area (TPSA) is 86.6 Å². The van der Waals surface area contributed by atoms with Gasteiger partial charge in [0.05, 0.1) is 20.3 Å². The second kappa shape index (κ2) is 7.65. The van der Waals surface area contributed by atoms with Crippen LogP contribution in [0, 0.1) is 0 Å². The lowest BCUT2D eigenvalue weighted by atomic mass is 10.00. The van der Waals surface area contributed by atoms with Gasteiger partial charge in [-0.3, -0.25) is 0 Å². The molecule has 0 aromatic carbocycles. The Morgan fingerprint density at radius 3 is 2.19 bits per heavy atom. The molecule has 5 atom stereocenters. The maximum Gasteiger partial charge on any atom is 0.229 e. The van der Waals surface area contributed by atoms with Gasteiger partial charge in [-0.05, 0) is 13.8 Å². The summed E-state index contributed by atoms with van der Waals surface area (Å²) in [6, 6.07) is 0. The van der Waals surface area contributed by atoms with Crippen LogP contribution in [0.1, 0.15) is 13.8 Å². The predicted molar refractivity (Wildman–Crippen MR) is 74.1 cm³/mol. The second-order valence-electron chi connectivity index (χ2n) is 4.73. The average molecular weight is 304 g/mol. The smallest absolute Gasteiger partial charge is 0.229 e. The summed E-state index contributed by atoms with van der Waals surface area (Å²) in [7, 11) is 4.35. The van der Waals surface area contributed by atoms with E-state index >= 15 is 0 Å². The van der Waals surface area contributed by atoms with Crippen LogP contribution in [0.2, 0.25) is 0 Å². The maximum atomic E-state index is 10.2. The number of methoxy groups -OCH3 is 3. The fraction of sp³-hybridized carbons (Fsp3) is 0.714. The Kier molecular flexibility index (Phi) is 6.47. The van der Waals surface area contributed by atoms with Gasteiger partial charge in [-0.25, -0.2) is 0 Å². The van der Waals surface area contributed by atoms with Crippen molar-refractivity contribution >= 4 is 0 Å². The van der Waals surface area contributed by atoms with Gasteiger partial charge in [0.2, 0.25) is 6.29 Å². The van der Waals surface area contributed by atoms with E-state index in [-0.39, 0.29) is 5.76 Å². The third kappa shape index (κ3) is 3.88. The van der Waals surface area contributed by atoms with Gasteiger partial charge in [0.1, 0.15) is 24.1 Å². The molecule has 1 saturated heterocycles. The number of aliphatic hydroxyl groups excluding tert-OH is 2. The maximum absolute atomic E-state index is 10.2. The molecule has 1 rings (SSSR count). The first kappa shape index (κ1) is 17.8. The van der Waals surface area contributed by atoms with Crippen molar-refractivity contribution in [3.8, 4) is 0 Å². The average Bonchev–Trinajstić information content (AvgIpc) is 2.45. The highest BCUT2D eigenvalue weighted by molar-refractivity contribution is 5.19. The van der Waals surface area contributed by atoms with Crippen molar-refractivity contribution in [2.45, 2.75) is 44.6 Å². The molecule has 1 aliphatic heterocycles. The molecule has 0 radical (unpaired) electrons. The highest BCUT2D eigenvalue weighted by Gasteiger charge is 2.44. The van der Waals surface area contributed by atoms with Crippen molar-refractivity contribution < 1.29 is 33.9 Å². The van der Waals surface area contributed by atoms with E-state index in [9.17, 15) is 10.2 Å². The van der Waals surface area contributed by atoms with E-state index < -0.39 is 30.7 Å². The number of hydrogen-bond acceptors (Lipinski definition) is 7. The molecular weight excluding hydrogens is 280 g/mol. The molecule has 0 aliphatic carbocycles. The molecule has 122 valence electrons. The Bertz CT molecular complexity index is 393. The number of ether oxygens (including phenoxy) is 5. The fourth-order valence-electron chi connectivity index (χ4n) is 2.11. The molecule has 0 aromatic heterocycles. The lowest BCUT2D eigenvalue weighted by Crippen LogP contribution is -2.58. The van der Waals surface area contributed by atoms with Gasteiger partial charge in [0.25, 0.3) is 0 Å². The molecule has 7 nitrogen and oxygen atoms in total. The summed E-state index contributed by atoms with van der Waals surface area (Å²) < 4.78 is 26.3. The molecule has 1 fully saturated rings. The molecule has 1 aliphatic rings. The van der Waals surface area contributed by atoms with Crippen molar-refractivity contribution in [2.24, 2.45) is 0 Å². The summed E-state index contributed by atoms with van der Waals surface area (Å²) in [6.45, 7) is 7.09. The van der Waals surface area contributed by atoms with E-state index in [0.29, 0.717) is 11.5 Å². The molecule has 5 unspecified atom stereocenters. The van der Waals surface area contributed by atoms with Crippen molar-refractivity contribution in [3.05, 3.63) is 23.9 Å². The summed E-state index contributed by atoms with van der Waals surface area (Å²) in [5.41, 5.74) is 0. The van der Waals surface area contributed by atoms with Crippen LogP contribution in [0.15, 0.2) is 23.9 Å². The fourth-order valence-corrected chi connectivity index (χ4v) is 2.11. The zero-order valence-corrected chi connectivity index (χ0v) is 13.0. The van der Waals surface area contributed by atoms with Gasteiger partial charge in [-0.2, -0.15) is 0 Å². The van der Waals surface area contributed by atoms with Crippen molar-refractivity contribution in [1.29, 1.82) is 0 Å². The number of aliphatic hydroxyl groups is 2. The summed E-state index contributed by atoms with van der Waals surface area (Å²) in [4.78, 5) is 0. The number of hydrogen-bond donors (Lipinski definition) is 2. The third-order valence-corrected chi connectivity index (χ3v) is 3.40. The van der Waals surface area contributed by atoms with Crippen LogP contribution in [0.4, 0.5) is 0 Å². The van der Waals surface area contributed by atoms with Crippen LogP contribution < -0.4 is 0 Å². The van der Waals surface area contributed by atoms with Crippen LogP contribution in [0.3, 0.4) is 0 Å². The number of rotatable bonds is 6. The van der Waals surface area contributed by atoms with Gasteiger partial charge in [-0.15, -0.1) is 0 Å². The van der Waals surface area contributed by atoms with Crippen molar-refractivity contribution in [3.63, 3.8) is 0 Å². The minimum atomic E-state index is -1.17. The highest BCUT2D eigenvalue weighted by Crippen LogP contribution is 2.27. The van der Waals surface area contributed by atoms with Gasteiger partial charge < -0.3 is 33.9 Å². The second-order valence-corrected chi connectivity index (χ2v) is 4.73. The predicted octanol–water partition coefficient (Wildman–Crippen LogP) is 0.523. The lowest BCUT2D eigenvalue weighted by Gasteiger charge is -2.40. The zero-order chi connectivity index (χ0) is 16.2. The Morgan fingerprint density at radius 2 is 1.71 bits per heavy atom. The molecule has 7 heteroatoms. The molecule has 1 heterocycles. The number of allylic oxidation sites excluding steroid dienone is 1. The van der Waals surface area contributed by atoms with Gasteiger partial charge in [0, 0.05) is 7.11 Å². The standard InChI is InChI=1S/C14H24O7/c1-7-10(15)13(19-6)11(16)14(20-7)21-9(3)12(18-5)8(2)17-4/h7,10-11,13-16H,3H2,1-2,4-6H3/b12-8-. The SMILES string of the molecule is C=C(OC1OC(C)C(O)C(OC)C1O)/C(OC)=C(\C)OC. The first-order valence-electron chi connectivity index (χ1n) is 6.56. The summed E-state index contributed by atoms with van der Waals surface area (Å²) >= 11 is 0. The summed E-state index contributed by atoms with van der Waals surface area (Å²) in [5.74, 6) is 0.935. The molecule has 0 spiro atoms. The zero-order valence-electron chi connectivity index (χ0n) is 13.0. The monoisotopic (exact) mass is 304 g/mol. The molecule has 0 bridgehead atoms. The Hall–Kier alpha value is -1.28. The normalized spacial score (nSPS) is 34.0. The van der Waals surface area contributed by atoms with E-state index in [0.717, 1.165) is 0 Å². The third-order valence-electron chi connectivity index (χ3n) is 3.40. The van der Waals surface area contributed by atoms with E-state index in [4.69, 9.17) is 23.7 Å². The van der Waals surface area contributed by atoms with Crippen LogP contribution in [0.5, 0.6) is 0 Å². The van der Waals surface area contributed by atoms with Crippen LogP contribution in [0.25, 0.3) is 0 Å². The van der Waals surface area contributed by atoms with Crippen molar-refractivity contribution in [1.82, 2.24) is 0 Å². The van der Waals surface area contributed by atoms with E-state index in [2.05, 4.69) is 6.58 Å². The largest absolute Gasteiger partial charge is 0.497 e. The lowest BCUT2D eigenvalue weighted by molar-refractivity contribution is -0.287. The quantitative estimate of drug-likeness (QED) is 0.546. The Morgan fingerprint density at radius 1 is 1.10 bits per heavy atom. The molecule has 0 saturated carbocycles. The van der Waals surface area contributed by atoms with Crippen LogP contribution >= 0.6 is 0 Å². The van der Waals surface area contributed by atoms with Crippen LogP contribution in [-0.4, -0.2) is 62.2 Å². The molecule has 21 heavy (non-hydrogen) atoms. The van der Waals surface area contributed by atoms with Gasteiger partial charge in [-0.1, -0.05) is 6.58 Å². The Labute approximate surface area is 124 Å². The van der Waals surface area contributed by atoms with E-state index in [1.807, 2.05) is 0 Å². The Balaban J connectivity index is 2.84. The molecule has 0 amide bonds. The molecular formula is C14H24O7. The van der Waals surface area contributed by atoms with Gasteiger partial charge >= 0.3 is 0 Å². The van der Waals surface area contributed by atoms with Gasteiger partial charge in [0.15, 0.2) is 11.5 Å². The molecule has 2 N–H and O–H groups in total. The first-order valence-corrected chi connectivity index (χ1v) is 6.56. The summed E-state index contributed by atoms with van der Waals surface area (Å²) in [5, 5.41) is 20.1. The van der Waals surface area contributed by atoms with Crippen LogP contribution in [-0.2, 0) is 23.7 Å². The van der Waals surface area contributed by atoms with E-state index in [1.54, 1.807) is 13.8 Å². The first-order chi connectivity index (χ1) is 9.87. The highest BCUT2D eigenvalue weighted by atomic mass is 16.7. The minimum Gasteiger partial charge on any atom is -0.497 e. The summed E-state index contributed by atoms with van der Waals surface area (Å²) in [6.07, 6.45) is -4.52.